The van der Waals surface area contributed by atoms with Crippen molar-refractivity contribution < 1.29 is 18.5 Å². The number of benzene rings is 1. The third kappa shape index (κ3) is 4.79. The standard InChI is InChI=1S/C29H39N5O4Si/c1-20-25(21(2)37-31-20)19-32-18-23(16-30-32)34-26(35)29(13-8-9-14-29)33(27(34)36)17-22-11-10-12-24(15-22)38-39(6,7)28(3,4)5/h10-12,15-16,18H,8-9,13-14,17,19H2,1-7H3. The zero-order valence-electron chi connectivity index (χ0n) is 24.1. The zero-order chi connectivity index (χ0) is 28.2. The van der Waals surface area contributed by atoms with Gasteiger partial charge in [0.25, 0.3) is 5.91 Å². The fraction of sp³-hybridized carbons (Fsp3) is 0.517. The van der Waals surface area contributed by atoms with Gasteiger partial charge in [0.15, 0.2) is 0 Å². The van der Waals surface area contributed by atoms with Gasteiger partial charge < -0.3 is 13.8 Å². The number of nitrogens with zero attached hydrogens (tertiary/aromatic N) is 5. The van der Waals surface area contributed by atoms with Gasteiger partial charge >= 0.3 is 6.03 Å². The molecule has 2 aliphatic rings. The Morgan fingerprint density at radius 1 is 1.10 bits per heavy atom. The number of urea groups is 1. The number of anilines is 1. The van der Waals surface area contributed by atoms with Crippen LogP contribution in [0.25, 0.3) is 0 Å². The Morgan fingerprint density at radius 3 is 2.46 bits per heavy atom. The molecular formula is C29H39N5O4Si. The SMILES string of the molecule is Cc1noc(C)c1Cn1cc(N2C(=O)N(Cc3cccc(O[Si](C)(C)C(C)(C)C)c3)C3(CCCC3)C2=O)cn1. The summed E-state index contributed by atoms with van der Waals surface area (Å²) < 4.78 is 13.5. The van der Waals surface area contributed by atoms with Crippen LogP contribution in [0.2, 0.25) is 18.1 Å². The van der Waals surface area contributed by atoms with E-state index in [4.69, 9.17) is 8.95 Å². The minimum Gasteiger partial charge on any atom is -0.543 e. The van der Waals surface area contributed by atoms with Crippen LogP contribution < -0.4 is 9.33 Å². The molecule has 2 aromatic heterocycles. The van der Waals surface area contributed by atoms with Gasteiger partial charge in [-0.2, -0.15) is 5.10 Å². The first kappa shape index (κ1) is 27.2. The quantitative estimate of drug-likeness (QED) is 0.257. The smallest absolute Gasteiger partial charge is 0.332 e. The minimum absolute atomic E-state index is 0.0741. The van der Waals surface area contributed by atoms with Crippen LogP contribution in [0, 0.1) is 13.8 Å². The Labute approximate surface area is 231 Å². The number of aryl methyl sites for hydroxylation is 2. The molecule has 1 aliphatic carbocycles. The van der Waals surface area contributed by atoms with Gasteiger partial charge in [-0.15, -0.1) is 0 Å². The molecule has 208 valence electrons. The van der Waals surface area contributed by atoms with Crippen LogP contribution in [0.4, 0.5) is 10.5 Å². The number of carbonyl (C=O) groups is 2. The Kier molecular flexibility index (Phi) is 6.73. The highest BCUT2D eigenvalue weighted by atomic mass is 28.4. The molecule has 9 nitrogen and oxygen atoms in total. The van der Waals surface area contributed by atoms with Crippen LogP contribution in [0.1, 0.15) is 69.0 Å². The second kappa shape index (κ2) is 9.66. The molecule has 0 N–H and O–H groups in total. The first-order chi connectivity index (χ1) is 18.3. The second-order valence-corrected chi connectivity index (χ2v) is 17.2. The molecular weight excluding hydrogens is 510 g/mol. The van der Waals surface area contributed by atoms with Gasteiger partial charge in [-0.25, -0.2) is 9.69 Å². The van der Waals surface area contributed by atoms with Crippen molar-refractivity contribution in [3.63, 3.8) is 0 Å². The van der Waals surface area contributed by atoms with Crippen LogP contribution in [-0.2, 0) is 17.9 Å². The van der Waals surface area contributed by atoms with E-state index < -0.39 is 13.9 Å². The molecule has 1 aromatic carbocycles. The van der Waals surface area contributed by atoms with Crippen molar-refractivity contribution >= 4 is 25.9 Å². The van der Waals surface area contributed by atoms with Gasteiger partial charge in [-0.05, 0) is 62.5 Å². The van der Waals surface area contributed by atoms with Crippen molar-refractivity contribution in [2.45, 2.75) is 97.1 Å². The topological polar surface area (TPSA) is 93.7 Å². The monoisotopic (exact) mass is 549 g/mol. The number of amides is 3. The maximum Gasteiger partial charge on any atom is 0.332 e. The molecule has 1 saturated heterocycles. The summed E-state index contributed by atoms with van der Waals surface area (Å²) in [5.41, 5.74) is 2.36. The molecule has 2 fully saturated rings. The first-order valence-corrected chi connectivity index (χ1v) is 16.6. The first-order valence-electron chi connectivity index (χ1n) is 13.7. The maximum atomic E-state index is 13.9. The highest BCUT2D eigenvalue weighted by Gasteiger charge is 2.58. The van der Waals surface area contributed by atoms with E-state index in [0.29, 0.717) is 31.6 Å². The van der Waals surface area contributed by atoms with E-state index in [0.717, 1.165) is 41.2 Å². The predicted molar refractivity (Wildman–Crippen MR) is 151 cm³/mol. The van der Waals surface area contributed by atoms with Crippen molar-refractivity contribution in [1.29, 1.82) is 0 Å². The molecule has 10 heteroatoms. The molecule has 1 spiro atoms. The summed E-state index contributed by atoms with van der Waals surface area (Å²) in [7, 11) is -2.02. The third-order valence-corrected chi connectivity index (χ3v) is 13.1. The van der Waals surface area contributed by atoms with Gasteiger partial charge in [0.05, 0.1) is 24.1 Å². The fourth-order valence-corrected chi connectivity index (χ4v) is 6.41. The second-order valence-electron chi connectivity index (χ2n) is 12.5. The van der Waals surface area contributed by atoms with Crippen LogP contribution >= 0.6 is 0 Å². The van der Waals surface area contributed by atoms with E-state index in [9.17, 15) is 9.59 Å². The number of rotatable bonds is 7. The van der Waals surface area contributed by atoms with Crippen molar-refractivity contribution in [3.05, 3.63) is 59.2 Å². The molecule has 0 radical (unpaired) electrons. The highest BCUT2D eigenvalue weighted by molar-refractivity contribution is 6.74. The van der Waals surface area contributed by atoms with Crippen LogP contribution in [0.5, 0.6) is 5.75 Å². The summed E-state index contributed by atoms with van der Waals surface area (Å²) in [4.78, 5) is 30.9. The van der Waals surface area contributed by atoms with Crippen LogP contribution in [0.15, 0.2) is 41.2 Å². The molecule has 3 aromatic rings. The minimum atomic E-state index is -2.02. The van der Waals surface area contributed by atoms with Gasteiger partial charge in [-0.1, -0.05) is 50.9 Å². The van der Waals surface area contributed by atoms with E-state index in [1.54, 1.807) is 22.0 Å². The summed E-state index contributed by atoms with van der Waals surface area (Å²) >= 11 is 0. The molecule has 0 atom stereocenters. The number of carbonyl (C=O) groups excluding carboxylic acids is 2. The highest BCUT2D eigenvalue weighted by Crippen LogP contribution is 2.44. The van der Waals surface area contributed by atoms with Crippen molar-refractivity contribution in [2.24, 2.45) is 0 Å². The number of hydrogen-bond donors (Lipinski definition) is 0. The van der Waals surface area contributed by atoms with Gasteiger partial charge in [0.1, 0.15) is 17.0 Å². The maximum absolute atomic E-state index is 13.9. The number of imide groups is 1. The molecule has 1 saturated carbocycles. The van der Waals surface area contributed by atoms with Crippen molar-refractivity contribution in [1.82, 2.24) is 19.8 Å². The Morgan fingerprint density at radius 2 is 1.82 bits per heavy atom. The van der Waals surface area contributed by atoms with Gasteiger partial charge in [-0.3, -0.25) is 9.48 Å². The molecule has 0 unspecified atom stereocenters. The zero-order valence-corrected chi connectivity index (χ0v) is 25.1. The lowest BCUT2D eigenvalue weighted by Gasteiger charge is -2.36. The summed E-state index contributed by atoms with van der Waals surface area (Å²) in [5, 5.41) is 8.53. The van der Waals surface area contributed by atoms with E-state index in [2.05, 4.69) is 44.1 Å². The average molecular weight is 550 g/mol. The largest absolute Gasteiger partial charge is 0.543 e. The Bertz CT molecular complexity index is 1380. The van der Waals surface area contributed by atoms with Crippen molar-refractivity contribution in [3.8, 4) is 5.75 Å². The molecule has 39 heavy (non-hydrogen) atoms. The average Bonchev–Trinajstić information content (AvgIpc) is 3.63. The predicted octanol–water partition coefficient (Wildman–Crippen LogP) is 6.20. The normalized spacial score (nSPS) is 17.6. The molecule has 1 aliphatic heterocycles. The summed E-state index contributed by atoms with van der Waals surface area (Å²) in [6, 6.07) is 7.67. The van der Waals surface area contributed by atoms with Crippen LogP contribution in [0.3, 0.4) is 0 Å². The summed E-state index contributed by atoms with van der Waals surface area (Å²) in [6.45, 7) is 15.6. The van der Waals surface area contributed by atoms with E-state index in [-0.39, 0.29) is 17.0 Å². The fourth-order valence-electron chi connectivity index (χ4n) is 5.39. The van der Waals surface area contributed by atoms with E-state index in [1.165, 1.54) is 4.90 Å². The number of hydrogen-bond acceptors (Lipinski definition) is 6. The Balaban J connectivity index is 1.41. The lowest BCUT2D eigenvalue weighted by molar-refractivity contribution is -0.124. The third-order valence-electron chi connectivity index (χ3n) is 8.77. The summed E-state index contributed by atoms with van der Waals surface area (Å²) in [6.07, 6.45) is 6.52. The Hall–Kier alpha value is -3.40. The lowest BCUT2D eigenvalue weighted by Crippen LogP contribution is -2.47. The number of aromatic nitrogens is 3. The lowest BCUT2D eigenvalue weighted by atomic mass is 9.95. The molecule has 5 rings (SSSR count). The van der Waals surface area contributed by atoms with Gasteiger partial charge in [0, 0.05) is 18.3 Å². The van der Waals surface area contributed by atoms with E-state index in [1.807, 2.05) is 38.1 Å². The molecule has 3 heterocycles. The van der Waals surface area contributed by atoms with Gasteiger partial charge in [0.2, 0.25) is 8.32 Å². The van der Waals surface area contributed by atoms with E-state index >= 15 is 0 Å². The van der Waals surface area contributed by atoms with Crippen LogP contribution in [-0.4, -0.2) is 45.6 Å². The molecule has 0 bridgehead atoms. The molecule has 3 amide bonds. The summed E-state index contributed by atoms with van der Waals surface area (Å²) in [5.74, 6) is 1.39. The van der Waals surface area contributed by atoms with Crippen molar-refractivity contribution in [2.75, 3.05) is 4.90 Å².